The first kappa shape index (κ1) is 39.2. The summed E-state index contributed by atoms with van der Waals surface area (Å²) in [4.78, 5) is -1.34. The zero-order valence-electron chi connectivity index (χ0n) is 27.3. The van der Waals surface area contributed by atoms with E-state index >= 15 is 0 Å². The van der Waals surface area contributed by atoms with Crippen molar-refractivity contribution in [3.05, 3.63) is 108 Å². The number of rotatable bonds is 7. The molecule has 2 radical (unpaired) electrons. The maximum atomic E-state index is 12.2. The van der Waals surface area contributed by atoms with Gasteiger partial charge in [0.25, 0.3) is 20.2 Å². The van der Waals surface area contributed by atoms with E-state index < -0.39 is 41.5 Å². The molecule has 0 aliphatic rings. The van der Waals surface area contributed by atoms with Crippen LogP contribution in [-0.4, -0.2) is 95.3 Å². The summed E-state index contributed by atoms with van der Waals surface area (Å²) < 4.78 is 66.7. The van der Waals surface area contributed by atoms with Gasteiger partial charge in [0.2, 0.25) is 0 Å². The number of benzene rings is 6. The summed E-state index contributed by atoms with van der Waals surface area (Å²) in [5, 5.41) is 39.6. The van der Waals surface area contributed by atoms with Gasteiger partial charge < -0.3 is 10.2 Å². The summed E-state index contributed by atoms with van der Waals surface area (Å²) in [5.74, 6) is -0.638. The van der Waals surface area contributed by atoms with Crippen LogP contribution in [0.4, 0.5) is 22.7 Å². The van der Waals surface area contributed by atoms with E-state index in [1.165, 1.54) is 6.07 Å². The maximum Gasteiger partial charge on any atom is 0.296 e. The number of fused-ring (bicyclic) bond motifs is 2. The molecule has 0 saturated carbocycles. The fourth-order valence-corrected chi connectivity index (χ4v) is 6.55. The second-order valence-electron chi connectivity index (χ2n) is 11.0. The van der Waals surface area contributed by atoms with Gasteiger partial charge in [-0.3, -0.25) is 9.11 Å². The van der Waals surface area contributed by atoms with Crippen molar-refractivity contribution in [2.45, 2.75) is 23.6 Å². The number of aromatic hydroxyl groups is 2. The molecule has 6 aromatic rings. The monoisotopic (exact) mass is 728 g/mol. The van der Waals surface area contributed by atoms with Crippen LogP contribution in [0.5, 0.6) is 11.5 Å². The number of phenolic OH excluding ortho intramolecular Hbond substituents is 2. The largest absolute Gasteiger partial charge is 0.506 e. The molecular formula is C34H26N4Na2O8S2. The summed E-state index contributed by atoms with van der Waals surface area (Å²) in [5.41, 5.74) is 4.23. The van der Waals surface area contributed by atoms with E-state index in [4.69, 9.17) is 0 Å². The molecule has 0 heterocycles. The van der Waals surface area contributed by atoms with E-state index in [9.17, 15) is 36.2 Å². The Balaban J connectivity index is 0.00000281. The van der Waals surface area contributed by atoms with Crippen molar-refractivity contribution < 1.29 is 36.2 Å². The number of aryl methyl sites for hydroxylation is 2. The molecule has 0 amide bonds. The first-order chi connectivity index (χ1) is 22.7. The van der Waals surface area contributed by atoms with Gasteiger partial charge in [-0.15, -0.1) is 10.2 Å². The normalized spacial score (nSPS) is 12.0. The van der Waals surface area contributed by atoms with Crippen LogP contribution < -0.4 is 0 Å². The van der Waals surface area contributed by atoms with Crippen LogP contribution in [0.25, 0.3) is 32.7 Å². The van der Waals surface area contributed by atoms with Crippen LogP contribution in [0.1, 0.15) is 11.1 Å². The maximum absolute atomic E-state index is 12.2. The molecule has 12 nitrogen and oxygen atoms in total. The Morgan fingerprint density at radius 2 is 1.12 bits per heavy atom. The van der Waals surface area contributed by atoms with Crippen LogP contribution in [-0.2, 0) is 20.2 Å². The third-order valence-electron chi connectivity index (χ3n) is 7.72. The van der Waals surface area contributed by atoms with Gasteiger partial charge in [0.15, 0.2) is 5.75 Å². The first-order valence-corrected chi connectivity index (χ1v) is 17.1. The molecule has 0 bridgehead atoms. The minimum Gasteiger partial charge on any atom is -0.506 e. The van der Waals surface area contributed by atoms with Gasteiger partial charge in [-0.25, -0.2) is 0 Å². The van der Waals surface area contributed by atoms with Gasteiger partial charge in [-0.2, -0.15) is 27.1 Å². The molecule has 244 valence electrons. The molecule has 0 aliphatic heterocycles. The minimum absolute atomic E-state index is 0. The quantitative estimate of drug-likeness (QED) is 0.0715. The number of azo groups is 2. The van der Waals surface area contributed by atoms with Crippen molar-refractivity contribution in [3.63, 3.8) is 0 Å². The van der Waals surface area contributed by atoms with Crippen molar-refractivity contribution in [2.75, 3.05) is 0 Å². The van der Waals surface area contributed by atoms with E-state index in [-0.39, 0.29) is 75.6 Å². The van der Waals surface area contributed by atoms with Gasteiger partial charge in [-0.1, -0.05) is 42.5 Å². The number of nitrogens with zero attached hydrogens (tertiary/aromatic N) is 4. The summed E-state index contributed by atoms with van der Waals surface area (Å²) in [7, 11) is -9.56. The van der Waals surface area contributed by atoms with E-state index in [1.54, 1.807) is 24.3 Å². The predicted octanol–water partition coefficient (Wildman–Crippen LogP) is 8.25. The van der Waals surface area contributed by atoms with Crippen LogP contribution >= 0.6 is 0 Å². The Hall–Kier alpha value is -3.54. The third kappa shape index (κ3) is 8.16. The fraction of sp³-hybridized carbons (Fsp3) is 0.0588. The first-order valence-electron chi connectivity index (χ1n) is 14.2. The molecule has 0 unspecified atom stereocenters. The second-order valence-corrected chi connectivity index (χ2v) is 13.8. The third-order valence-corrected chi connectivity index (χ3v) is 9.44. The van der Waals surface area contributed by atoms with Gasteiger partial charge in [0.05, 0.1) is 16.3 Å². The Morgan fingerprint density at radius 3 is 1.68 bits per heavy atom. The molecule has 0 aliphatic carbocycles. The molecule has 6 rings (SSSR count). The topological polar surface area (TPSA) is 199 Å². The number of phenols is 2. The van der Waals surface area contributed by atoms with Crippen LogP contribution in [0.2, 0.25) is 0 Å². The average molecular weight is 729 g/mol. The predicted molar refractivity (Wildman–Crippen MR) is 192 cm³/mol. The van der Waals surface area contributed by atoms with Crippen molar-refractivity contribution in [1.29, 1.82) is 0 Å². The van der Waals surface area contributed by atoms with Gasteiger partial charge in [0.1, 0.15) is 22.0 Å². The molecular weight excluding hydrogens is 703 g/mol. The molecule has 0 atom stereocenters. The summed E-state index contributed by atoms with van der Waals surface area (Å²) >= 11 is 0. The SMILES string of the molecule is Cc1cc(N=Nc2c(S(=O)(=O)O)cc3cc(S(=O)(=O)O)ccc3c2O)ccc1-c1ccc(N=Nc2c(O)ccc3ccccc23)cc1C.[Na].[Na]. The van der Waals surface area contributed by atoms with Crippen molar-refractivity contribution in [2.24, 2.45) is 20.5 Å². The van der Waals surface area contributed by atoms with Crippen LogP contribution in [0.15, 0.2) is 127 Å². The molecule has 4 N–H and O–H groups in total. The molecule has 0 saturated heterocycles. The van der Waals surface area contributed by atoms with Crippen molar-refractivity contribution in [3.8, 4) is 22.6 Å². The molecule has 50 heavy (non-hydrogen) atoms. The van der Waals surface area contributed by atoms with E-state index in [2.05, 4.69) is 20.5 Å². The summed E-state index contributed by atoms with van der Waals surface area (Å²) in [6.45, 7) is 3.78. The summed E-state index contributed by atoms with van der Waals surface area (Å²) in [6, 6.07) is 25.8. The van der Waals surface area contributed by atoms with Crippen LogP contribution in [0, 0.1) is 13.8 Å². The zero-order chi connectivity index (χ0) is 34.4. The zero-order valence-corrected chi connectivity index (χ0v) is 32.9. The van der Waals surface area contributed by atoms with E-state index in [0.29, 0.717) is 17.1 Å². The van der Waals surface area contributed by atoms with Gasteiger partial charge >= 0.3 is 0 Å². The van der Waals surface area contributed by atoms with Gasteiger partial charge in [-0.05, 0) is 101 Å². The number of hydrogen-bond donors (Lipinski definition) is 4. The van der Waals surface area contributed by atoms with Crippen molar-refractivity contribution >= 4 is 124 Å². The molecule has 0 aromatic heterocycles. The Morgan fingerprint density at radius 1 is 0.540 bits per heavy atom. The number of hydrogen-bond acceptors (Lipinski definition) is 10. The molecule has 6 aromatic carbocycles. The van der Waals surface area contributed by atoms with Crippen molar-refractivity contribution in [1.82, 2.24) is 0 Å². The fourth-order valence-electron chi connectivity index (χ4n) is 5.37. The molecule has 16 heteroatoms. The van der Waals surface area contributed by atoms with Gasteiger partial charge in [0, 0.05) is 69.9 Å². The van der Waals surface area contributed by atoms with Crippen LogP contribution in [0.3, 0.4) is 0 Å². The Kier molecular flexibility index (Phi) is 12.1. The molecule has 0 fully saturated rings. The summed E-state index contributed by atoms with van der Waals surface area (Å²) in [6.07, 6.45) is 0. The van der Waals surface area contributed by atoms with E-state index in [0.717, 1.165) is 51.2 Å². The second kappa shape index (κ2) is 15.4. The Bertz CT molecular complexity index is 2580. The molecule has 0 spiro atoms. The standard InChI is InChI=1S/C34H26N4O8S2.2Na/c1-19-15-23(35-37-32-28-6-4-3-5-21(28)7-14-30(32)39)8-11-26(19)27-12-9-24(16-20(27)2)36-38-33-31(48(44,45)46)18-22-17-25(47(41,42)43)10-13-29(22)34(33)40;;/h3-18,39-40H,1-2H3,(H,41,42,43)(H,44,45,46);;. The minimum atomic E-state index is -4.94. The Labute approximate surface area is 331 Å². The average Bonchev–Trinajstić information content (AvgIpc) is 3.03. The van der Waals surface area contributed by atoms with E-state index in [1.807, 2.05) is 62.4 Å². The smallest absolute Gasteiger partial charge is 0.296 e.